The molecule has 21 heavy (non-hydrogen) atoms. The van der Waals surface area contributed by atoms with Crippen LogP contribution in [0.1, 0.15) is 11.3 Å². The fourth-order valence-corrected chi connectivity index (χ4v) is 4.22. The van der Waals surface area contributed by atoms with Gasteiger partial charge in [-0.25, -0.2) is 13.4 Å². The first-order valence-electron chi connectivity index (χ1n) is 6.31. The second-order valence-electron chi connectivity index (χ2n) is 4.66. The maximum atomic E-state index is 12.5. The topological polar surface area (TPSA) is 77.5 Å². The molecule has 1 aliphatic heterocycles. The van der Waals surface area contributed by atoms with E-state index in [0.717, 1.165) is 5.69 Å². The molecule has 1 aliphatic rings. The molecule has 0 atom stereocenters. The average molecular weight is 326 g/mol. The van der Waals surface area contributed by atoms with Crippen LogP contribution in [0.3, 0.4) is 0 Å². The molecule has 1 aromatic heterocycles. The van der Waals surface area contributed by atoms with Gasteiger partial charge in [-0.15, -0.1) is 11.3 Å². The van der Waals surface area contributed by atoms with E-state index in [1.165, 1.54) is 17.4 Å². The second-order valence-corrected chi connectivity index (χ2v) is 7.17. The Bertz CT molecular complexity index is 783. The molecule has 0 radical (unpaired) electrons. The fourth-order valence-electron chi connectivity index (χ4n) is 2.03. The molecule has 2 heterocycles. The Morgan fingerprint density at radius 2 is 1.86 bits per heavy atom. The van der Waals surface area contributed by atoms with Gasteiger partial charge in [0.25, 0.3) is 10.0 Å². The molecule has 0 aliphatic carbocycles. The number of aryl methyl sites for hydroxylation is 2. The van der Waals surface area contributed by atoms with Gasteiger partial charge in [0, 0.05) is 11.4 Å². The monoisotopic (exact) mass is 326 g/mol. The van der Waals surface area contributed by atoms with Crippen molar-refractivity contribution < 1.29 is 17.9 Å². The van der Waals surface area contributed by atoms with Crippen molar-refractivity contribution in [1.29, 1.82) is 0 Å². The minimum absolute atomic E-state index is 0.166. The molecule has 1 N–H and O–H groups in total. The molecule has 2 aromatic rings. The third kappa shape index (κ3) is 2.81. The molecule has 0 saturated carbocycles. The fraction of sp³-hybridized carbons (Fsp3) is 0.308. The van der Waals surface area contributed by atoms with Crippen LogP contribution < -0.4 is 14.2 Å². The van der Waals surface area contributed by atoms with Crippen LogP contribution in [-0.2, 0) is 10.0 Å². The summed E-state index contributed by atoms with van der Waals surface area (Å²) in [5.74, 6) is 1.02. The molecule has 1 aromatic carbocycles. The number of aromatic nitrogens is 1. The zero-order chi connectivity index (χ0) is 15.0. The van der Waals surface area contributed by atoms with Gasteiger partial charge in [-0.05, 0) is 25.5 Å². The van der Waals surface area contributed by atoms with Crippen LogP contribution in [0.4, 0.5) is 5.13 Å². The Labute approximate surface area is 126 Å². The molecule has 0 saturated heterocycles. The highest BCUT2D eigenvalue weighted by molar-refractivity contribution is 7.93. The Hall–Kier alpha value is -1.80. The van der Waals surface area contributed by atoms with E-state index < -0.39 is 10.0 Å². The normalized spacial score (nSPS) is 14.0. The zero-order valence-corrected chi connectivity index (χ0v) is 13.2. The number of thiazole rings is 1. The minimum atomic E-state index is -3.70. The number of hydrogen-bond donors (Lipinski definition) is 1. The highest BCUT2D eigenvalue weighted by Gasteiger charge is 2.23. The highest BCUT2D eigenvalue weighted by Crippen LogP contribution is 2.35. The molecule has 0 bridgehead atoms. The number of hydrogen-bond acceptors (Lipinski definition) is 6. The summed E-state index contributed by atoms with van der Waals surface area (Å²) in [5, 5.41) is 2.14. The van der Waals surface area contributed by atoms with E-state index in [4.69, 9.17) is 9.47 Å². The number of anilines is 1. The Morgan fingerprint density at radius 3 is 2.48 bits per heavy atom. The summed E-state index contributed by atoms with van der Waals surface area (Å²) in [5.41, 5.74) is 1.37. The predicted molar refractivity (Wildman–Crippen MR) is 79.8 cm³/mol. The molecule has 0 spiro atoms. The number of benzene rings is 1. The Morgan fingerprint density at radius 1 is 1.19 bits per heavy atom. The summed E-state index contributed by atoms with van der Waals surface area (Å²) >= 11 is 1.25. The average Bonchev–Trinajstić information content (AvgIpc) is 2.82. The number of sulfonamides is 1. The molecule has 112 valence electrons. The van der Waals surface area contributed by atoms with Crippen molar-refractivity contribution in [3.63, 3.8) is 0 Å². The predicted octanol–water partition coefficient (Wildman–Crippen LogP) is 2.33. The van der Waals surface area contributed by atoms with Gasteiger partial charge < -0.3 is 9.47 Å². The molecular weight excluding hydrogens is 312 g/mol. The van der Waals surface area contributed by atoms with Crippen molar-refractivity contribution in [3.8, 4) is 11.5 Å². The van der Waals surface area contributed by atoms with Crippen LogP contribution in [0.5, 0.6) is 11.5 Å². The molecule has 8 heteroatoms. The molecule has 6 nitrogen and oxygen atoms in total. The molecule has 0 fully saturated rings. The van der Waals surface area contributed by atoms with Crippen LogP contribution in [0.2, 0.25) is 0 Å². The number of nitrogens with zero attached hydrogens (tertiary/aromatic N) is 1. The third-order valence-corrected chi connectivity index (χ3v) is 5.46. The third-order valence-electron chi connectivity index (χ3n) is 2.97. The maximum absolute atomic E-state index is 12.5. The minimum Gasteiger partial charge on any atom is -0.486 e. The second kappa shape index (κ2) is 5.19. The summed E-state index contributed by atoms with van der Waals surface area (Å²) < 4.78 is 38.3. The lowest BCUT2D eigenvalue weighted by Gasteiger charge is -2.20. The molecular formula is C13H14N2O4S2. The maximum Gasteiger partial charge on any atom is 0.264 e. The van der Waals surface area contributed by atoms with E-state index in [2.05, 4.69) is 9.71 Å². The van der Waals surface area contributed by atoms with Crippen LogP contribution in [0, 0.1) is 13.8 Å². The molecule has 0 amide bonds. The van der Waals surface area contributed by atoms with E-state index in [0.29, 0.717) is 35.4 Å². The van der Waals surface area contributed by atoms with Crippen molar-refractivity contribution in [1.82, 2.24) is 4.98 Å². The van der Waals surface area contributed by atoms with Crippen LogP contribution in [0.15, 0.2) is 22.4 Å². The smallest absolute Gasteiger partial charge is 0.264 e. The number of ether oxygens (including phenoxy) is 2. The van der Waals surface area contributed by atoms with Crippen LogP contribution >= 0.6 is 11.3 Å². The lowest BCUT2D eigenvalue weighted by molar-refractivity contribution is 0.171. The van der Waals surface area contributed by atoms with Crippen molar-refractivity contribution in [3.05, 3.63) is 28.8 Å². The van der Waals surface area contributed by atoms with Crippen molar-refractivity contribution in [2.75, 3.05) is 17.9 Å². The van der Waals surface area contributed by atoms with E-state index in [9.17, 15) is 8.42 Å². The first-order valence-corrected chi connectivity index (χ1v) is 8.67. The van der Waals surface area contributed by atoms with Gasteiger partial charge in [0.05, 0.1) is 10.6 Å². The van der Waals surface area contributed by atoms with E-state index in [1.54, 1.807) is 18.4 Å². The largest absolute Gasteiger partial charge is 0.486 e. The first-order chi connectivity index (χ1) is 9.95. The standard InChI is InChI=1S/C13H14N2O4S2/c1-8-5-10-11(19-4-3-18-10)6-12(8)21(16,17)15-13-14-9(2)7-20-13/h5-7H,3-4H2,1-2H3,(H,14,15). The van der Waals surface area contributed by atoms with E-state index in [1.807, 2.05) is 6.92 Å². The zero-order valence-electron chi connectivity index (χ0n) is 11.5. The number of fused-ring (bicyclic) bond motifs is 1. The number of rotatable bonds is 3. The van der Waals surface area contributed by atoms with Gasteiger partial charge in [-0.1, -0.05) is 0 Å². The van der Waals surface area contributed by atoms with E-state index >= 15 is 0 Å². The van der Waals surface area contributed by atoms with E-state index in [-0.39, 0.29) is 4.90 Å². The van der Waals surface area contributed by atoms with Gasteiger partial charge in [0.15, 0.2) is 16.6 Å². The lowest BCUT2D eigenvalue weighted by atomic mass is 10.2. The molecule has 3 rings (SSSR count). The molecule has 0 unspecified atom stereocenters. The van der Waals surface area contributed by atoms with Gasteiger partial charge in [-0.2, -0.15) is 0 Å². The summed E-state index contributed by atoms with van der Waals surface area (Å²) in [6, 6.07) is 3.17. The van der Waals surface area contributed by atoms with Gasteiger partial charge in [-0.3, -0.25) is 4.72 Å². The Balaban J connectivity index is 1.98. The summed E-state index contributed by atoms with van der Waals surface area (Å²) in [6.07, 6.45) is 0. The lowest BCUT2D eigenvalue weighted by Crippen LogP contribution is -2.18. The number of nitrogens with one attached hydrogen (secondary N) is 1. The summed E-state index contributed by atoms with van der Waals surface area (Å²) in [7, 11) is -3.70. The van der Waals surface area contributed by atoms with Crippen molar-refractivity contribution in [2.24, 2.45) is 0 Å². The highest BCUT2D eigenvalue weighted by atomic mass is 32.2. The van der Waals surface area contributed by atoms with Gasteiger partial charge in [0.2, 0.25) is 0 Å². The van der Waals surface area contributed by atoms with Crippen LogP contribution in [-0.4, -0.2) is 26.6 Å². The van der Waals surface area contributed by atoms with Crippen LogP contribution in [0.25, 0.3) is 0 Å². The van der Waals surface area contributed by atoms with Gasteiger partial charge in [0.1, 0.15) is 13.2 Å². The summed E-state index contributed by atoms with van der Waals surface area (Å²) in [4.78, 5) is 4.28. The SMILES string of the molecule is Cc1csc(NS(=O)(=O)c2cc3c(cc2C)OCCO3)n1. The Kier molecular flexibility index (Phi) is 3.50. The summed E-state index contributed by atoms with van der Waals surface area (Å²) in [6.45, 7) is 4.41. The van der Waals surface area contributed by atoms with Crippen molar-refractivity contribution in [2.45, 2.75) is 18.7 Å². The first kappa shape index (κ1) is 14.2. The quantitative estimate of drug-likeness (QED) is 0.936. The van der Waals surface area contributed by atoms with Crippen molar-refractivity contribution >= 4 is 26.5 Å². The van der Waals surface area contributed by atoms with Gasteiger partial charge >= 0.3 is 0 Å².